The second-order valence-electron chi connectivity index (χ2n) is 7.82. The van der Waals surface area contributed by atoms with Gasteiger partial charge in [0, 0.05) is 60.8 Å². The first kappa shape index (κ1) is 24.2. The Kier molecular flexibility index (Phi) is 7.22. The van der Waals surface area contributed by atoms with Gasteiger partial charge < -0.3 is 9.47 Å². The Morgan fingerprint density at radius 2 is 1.68 bits per heavy atom. The van der Waals surface area contributed by atoms with Gasteiger partial charge in [-0.25, -0.2) is 8.42 Å². The molecule has 34 heavy (non-hydrogen) atoms. The van der Waals surface area contributed by atoms with Gasteiger partial charge in [-0.3, -0.25) is 14.8 Å². The quantitative estimate of drug-likeness (QED) is 0.335. The molecule has 8 nitrogen and oxygen atoms in total. The largest absolute Gasteiger partial charge is 0.381 e. The molecule has 178 valence electrons. The van der Waals surface area contributed by atoms with Gasteiger partial charge in [0.25, 0.3) is 15.7 Å². The summed E-state index contributed by atoms with van der Waals surface area (Å²) in [6, 6.07) is 20.0. The highest BCUT2D eigenvalue weighted by molar-refractivity contribution is 7.99. The summed E-state index contributed by atoms with van der Waals surface area (Å²) in [5.74, 6) is 0. The van der Waals surface area contributed by atoms with Gasteiger partial charge in [0.2, 0.25) is 0 Å². The summed E-state index contributed by atoms with van der Waals surface area (Å²) in [4.78, 5) is 12.2. The highest BCUT2D eigenvalue weighted by Crippen LogP contribution is 2.38. The average molecular weight is 501 g/mol. The fourth-order valence-corrected chi connectivity index (χ4v) is 5.78. The number of non-ortho nitro benzene ring substituents is 1. The van der Waals surface area contributed by atoms with E-state index in [1.54, 1.807) is 19.2 Å². The topological polar surface area (TPSA) is 108 Å². The molecular formula is C24H24N2O6S2. The van der Waals surface area contributed by atoms with E-state index in [4.69, 9.17) is 9.47 Å². The lowest BCUT2D eigenvalue weighted by molar-refractivity contribution is -0.384. The van der Waals surface area contributed by atoms with Crippen LogP contribution in [0.5, 0.6) is 0 Å². The van der Waals surface area contributed by atoms with Crippen molar-refractivity contribution in [3.63, 3.8) is 0 Å². The van der Waals surface area contributed by atoms with Gasteiger partial charge >= 0.3 is 0 Å². The monoisotopic (exact) mass is 500 g/mol. The Morgan fingerprint density at radius 3 is 2.29 bits per heavy atom. The molecule has 3 aromatic rings. The molecule has 0 unspecified atom stereocenters. The van der Waals surface area contributed by atoms with Crippen LogP contribution in [0.1, 0.15) is 18.4 Å². The number of ether oxygens (including phenoxy) is 2. The van der Waals surface area contributed by atoms with Crippen LogP contribution in [0.2, 0.25) is 0 Å². The molecule has 10 heteroatoms. The molecule has 0 aliphatic carbocycles. The zero-order valence-corrected chi connectivity index (χ0v) is 20.1. The van der Waals surface area contributed by atoms with Gasteiger partial charge in [-0.1, -0.05) is 23.9 Å². The fourth-order valence-electron chi connectivity index (χ4n) is 3.84. The Hall–Kier alpha value is -2.92. The Labute approximate surface area is 202 Å². The third-order valence-electron chi connectivity index (χ3n) is 5.75. The first-order chi connectivity index (χ1) is 16.3. The number of rotatable bonds is 8. The molecule has 0 bridgehead atoms. The summed E-state index contributed by atoms with van der Waals surface area (Å²) in [6.45, 7) is 1.32. The standard InChI is InChI=1S/C24H24N2O6S2/c1-31-24(13-15-32-16-14-24)18-3-2-4-22(17-18)33-21-9-11-23(12-10-21)34(29,30)25-19-5-7-20(8-6-19)26(27)28/h2-12,17,25H,13-16H2,1H3. The van der Waals surface area contributed by atoms with Crippen LogP contribution in [0.3, 0.4) is 0 Å². The third kappa shape index (κ3) is 5.41. The summed E-state index contributed by atoms with van der Waals surface area (Å²) >= 11 is 1.54. The highest BCUT2D eigenvalue weighted by Gasteiger charge is 2.34. The van der Waals surface area contributed by atoms with Crippen LogP contribution < -0.4 is 4.72 Å². The summed E-state index contributed by atoms with van der Waals surface area (Å²) in [6.07, 6.45) is 1.60. The number of nitro benzene ring substituents is 1. The first-order valence-corrected chi connectivity index (χ1v) is 12.9. The Bertz CT molecular complexity index is 1260. The first-order valence-electron chi connectivity index (χ1n) is 10.6. The molecule has 0 saturated carbocycles. The van der Waals surface area contributed by atoms with Gasteiger partial charge in [0.15, 0.2) is 0 Å². The maximum Gasteiger partial charge on any atom is 0.269 e. The predicted octanol–water partition coefficient (Wildman–Crippen LogP) is 5.20. The van der Waals surface area contributed by atoms with Crippen molar-refractivity contribution in [3.8, 4) is 0 Å². The van der Waals surface area contributed by atoms with Gasteiger partial charge in [-0.2, -0.15) is 0 Å². The van der Waals surface area contributed by atoms with Crippen molar-refractivity contribution >= 4 is 33.2 Å². The Morgan fingerprint density at radius 1 is 1.00 bits per heavy atom. The number of anilines is 1. The van der Waals surface area contributed by atoms with Crippen LogP contribution in [0, 0.1) is 10.1 Å². The molecule has 0 aromatic heterocycles. The second-order valence-corrected chi connectivity index (χ2v) is 10.7. The number of hydrogen-bond donors (Lipinski definition) is 1. The second kappa shape index (κ2) is 10.1. The number of benzene rings is 3. The van der Waals surface area contributed by atoms with Crippen LogP contribution in [0.25, 0.3) is 0 Å². The fraction of sp³-hybridized carbons (Fsp3) is 0.250. The molecule has 0 atom stereocenters. The molecular weight excluding hydrogens is 476 g/mol. The molecule has 1 N–H and O–H groups in total. The smallest absolute Gasteiger partial charge is 0.269 e. The van der Waals surface area contributed by atoms with Crippen molar-refractivity contribution < 1.29 is 22.8 Å². The normalized spacial score (nSPS) is 15.6. The molecule has 1 heterocycles. The summed E-state index contributed by atoms with van der Waals surface area (Å²) < 4.78 is 39.2. The van der Waals surface area contributed by atoms with Crippen molar-refractivity contribution in [1.29, 1.82) is 0 Å². The van der Waals surface area contributed by atoms with E-state index in [0.717, 1.165) is 28.2 Å². The maximum absolute atomic E-state index is 12.7. The zero-order valence-electron chi connectivity index (χ0n) is 18.5. The van der Waals surface area contributed by atoms with E-state index in [1.807, 2.05) is 12.1 Å². The Balaban J connectivity index is 1.47. The number of methoxy groups -OCH3 is 1. The van der Waals surface area contributed by atoms with Crippen LogP contribution in [0.15, 0.2) is 87.5 Å². The highest BCUT2D eigenvalue weighted by atomic mass is 32.2. The van der Waals surface area contributed by atoms with Crippen molar-refractivity contribution in [1.82, 2.24) is 0 Å². The molecule has 0 spiro atoms. The molecule has 0 amide bonds. The SMILES string of the molecule is COC1(c2cccc(Sc3ccc(S(=O)(=O)Nc4ccc([N+](=O)[O-])cc4)cc3)c2)CCOCC1. The molecule has 3 aromatic carbocycles. The van der Waals surface area contributed by atoms with Gasteiger partial charge in [-0.05, 0) is 54.1 Å². The number of hydrogen-bond acceptors (Lipinski definition) is 7. The molecule has 4 rings (SSSR count). The lowest BCUT2D eigenvalue weighted by Gasteiger charge is -2.36. The number of nitrogens with zero attached hydrogens (tertiary/aromatic N) is 1. The van der Waals surface area contributed by atoms with Crippen LogP contribution >= 0.6 is 11.8 Å². The minimum Gasteiger partial charge on any atom is -0.381 e. The predicted molar refractivity (Wildman–Crippen MR) is 130 cm³/mol. The van der Waals surface area contributed by atoms with Crippen molar-refractivity contribution in [3.05, 3.63) is 88.5 Å². The summed E-state index contributed by atoms with van der Waals surface area (Å²) in [7, 11) is -2.10. The maximum atomic E-state index is 12.7. The minimum atomic E-state index is -3.83. The van der Waals surface area contributed by atoms with Gasteiger partial charge in [0.05, 0.1) is 15.4 Å². The van der Waals surface area contributed by atoms with E-state index >= 15 is 0 Å². The summed E-state index contributed by atoms with van der Waals surface area (Å²) in [5.41, 5.74) is 0.897. The van der Waals surface area contributed by atoms with Gasteiger partial charge in [0.1, 0.15) is 0 Å². The molecule has 1 aliphatic rings. The lowest BCUT2D eigenvalue weighted by atomic mass is 9.86. The minimum absolute atomic E-state index is 0.101. The third-order valence-corrected chi connectivity index (χ3v) is 8.15. The zero-order chi connectivity index (χ0) is 24.2. The van der Waals surface area contributed by atoms with Crippen LogP contribution in [-0.2, 0) is 25.1 Å². The van der Waals surface area contributed by atoms with E-state index in [1.165, 1.54) is 48.2 Å². The van der Waals surface area contributed by atoms with Crippen LogP contribution in [-0.4, -0.2) is 33.7 Å². The molecule has 1 aliphatic heterocycles. The van der Waals surface area contributed by atoms with E-state index in [0.29, 0.717) is 13.2 Å². The average Bonchev–Trinajstić information content (AvgIpc) is 2.85. The lowest BCUT2D eigenvalue weighted by Crippen LogP contribution is -2.35. The van der Waals surface area contributed by atoms with E-state index < -0.39 is 14.9 Å². The van der Waals surface area contributed by atoms with E-state index in [2.05, 4.69) is 16.9 Å². The van der Waals surface area contributed by atoms with E-state index in [9.17, 15) is 18.5 Å². The van der Waals surface area contributed by atoms with Gasteiger partial charge in [-0.15, -0.1) is 0 Å². The molecule has 1 fully saturated rings. The summed E-state index contributed by atoms with van der Waals surface area (Å²) in [5, 5.41) is 10.8. The van der Waals surface area contributed by atoms with Crippen molar-refractivity contribution in [2.75, 3.05) is 25.0 Å². The number of sulfonamides is 1. The molecule has 0 radical (unpaired) electrons. The van der Waals surface area contributed by atoms with E-state index in [-0.39, 0.29) is 21.9 Å². The van der Waals surface area contributed by atoms with Crippen molar-refractivity contribution in [2.24, 2.45) is 0 Å². The molecule has 1 saturated heterocycles. The number of nitro groups is 1. The van der Waals surface area contributed by atoms with Crippen LogP contribution in [0.4, 0.5) is 11.4 Å². The van der Waals surface area contributed by atoms with Crippen molar-refractivity contribution in [2.45, 2.75) is 33.1 Å². The number of nitrogens with one attached hydrogen (secondary N) is 1.